The number of carbonyl (C=O) groups is 2. The van der Waals surface area contributed by atoms with E-state index in [4.69, 9.17) is 17.0 Å². The first-order valence-electron chi connectivity index (χ1n) is 7.53. The highest BCUT2D eigenvalue weighted by Crippen LogP contribution is 2.12. The number of nitrogens with one attached hydrogen (secondary N) is 2. The Bertz CT molecular complexity index is 796. The van der Waals surface area contributed by atoms with Crippen LogP contribution in [0.1, 0.15) is 22.8 Å². The topological polar surface area (TPSA) is 67.4 Å². The van der Waals surface area contributed by atoms with Crippen molar-refractivity contribution in [3.8, 4) is 5.75 Å². The number of ketones is 1. The number of hydrogen-bond acceptors (Lipinski definition) is 4. The van der Waals surface area contributed by atoms with Crippen LogP contribution in [0.3, 0.4) is 0 Å². The number of Topliss-reactive ketones (excluding diaryl/α,β-unsaturated/α-hetero) is 1. The van der Waals surface area contributed by atoms with E-state index >= 15 is 0 Å². The second-order valence-electron chi connectivity index (χ2n) is 5.18. The fourth-order valence-electron chi connectivity index (χ4n) is 1.99. The molecule has 128 valence electrons. The molecule has 0 saturated heterocycles. The number of rotatable bonds is 5. The van der Waals surface area contributed by atoms with Crippen LogP contribution >= 0.6 is 12.2 Å². The quantitative estimate of drug-likeness (QED) is 0.489. The number of hydrogen-bond donors (Lipinski definition) is 2. The van der Waals surface area contributed by atoms with E-state index in [-0.39, 0.29) is 16.8 Å². The van der Waals surface area contributed by atoms with Gasteiger partial charge in [0, 0.05) is 17.3 Å². The van der Waals surface area contributed by atoms with Crippen LogP contribution in [0.4, 0.5) is 5.69 Å². The Kier molecular flexibility index (Phi) is 6.42. The van der Waals surface area contributed by atoms with Crippen molar-refractivity contribution in [3.05, 3.63) is 65.7 Å². The minimum Gasteiger partial charge on any atom is -0.497 e. The molecule has 0 aliphatic carbocycles. The van der Waals surface area contributed by atoms with Crippen molar-refractivity contribution in [2.45, 2.75) is 6.92 Å². The first kappa shape index (κ1) is 18.4. The SMILES string of the molecule is COc1ccc(C=CC(=O)NC(=S)Nc2ccc(C(C)=O)cc2)cc1. The van der Waals surface area contributed by atoms with E-state index in [1.807, 2.05) is 24.3 Å². The van der Waals surface area contributed by atoms with Crippen LogP contribution < -0.4 is 15.4 Å². The molecular formula is C19H18N2O3S. The summed E-state index contributed by atoms with van der Waals surface area (Å²) in [6, 6.07) is 14.1. The molecule has 0 aliphatic heterocycles. The van der Waals surface area contributed by atoms with Gasteiger partial charge in [0.2, 0.25) is 5.91 Å². The lowest BCUT2D eigenvalue weighted by Crippen LogP contribution is -2.32. The zero-order valence-electron chi connectivity index (χ0n) is 13.9. The Morgan fingerprint density at radius 3 is 2.24 bits per heavy atom. The van der Waals surface area contributed by atoms with Crippen LogP contribution in [0.2, 0.25) is 0 Å². The molecule has 0 unspecified atom stereocenters. The van der Waals surface area contributed by atoms with Gasteiger partial charge in [-0.3, -0.25) is 14.9 Å². The molecule has 5 nitrogen and oxygen atoms in total. The van der Waals surface area contributed by atoms with Crippen molar-refractivity contribution < 1.29 is 14.3 Å². The van der Waals surface area contributed by atoms with Crippen LogP contribution in [-0.2, 0) is 4.79 Å². The van der Waals surface area contributed by atoms with Crippen molar-refractivity contribution in [2.75, 3.05) is 12.4 Å². The Morgan fingerprint density at radius 1 is 1.04 bits per heavy atom. The van der Waals surface area contributed by atoms with Crippen molar-refractivity contribution in [1.82, 2.24) is 5.32 Å². The third kappa shape index (κ3) is 5.86. The Labute approximate surface area is 151 Å². The van der Waals surface area contributed by atoms with E-state index < -0.39 is 0 Å². The Hall–Kier alpha value is -2.99. The minimum absolute atomic E-state index is 0.00824. The summed E-state index contributed by atoms with van der Waals surface area (Å²) < 4.78 is 5.08. The fraction of sp³-hybridized carbons (Fsp3) is 0.105. The molecule has 0 heterocycles. The molecule has 0 radical (unpaired) electrons. The zero-order chi connectivity index (χ0) is 18.2. The zero-order valence-corrected chi connectivity index (χ0v) is 14.7. The monoisotopic (exact) mass is 354 g/mol. The third-order valence-corrected chi connectivity index (χ3v) is 3.53. The van der Waals surface area contributed by atoms with E-state index in [0.29, 0.717) is 11.3 Å². The van der Waals surface area contributed by atoms with Gasteiger partial charge in [0.25, 0.3) is 0 Å². The Balaban J connectivity index is 1.87. The first-order valence-corrected chi connectivity index (χ1v) is 7.94. The normalized spacial score (nSPS) is 10.3. The van der Waals surface area contributed by atoms with Gasteiger partial charge < -0.3 is 10.1 Å². The molecule has 2 aromatic carbocycles. The van der Waals surface area contributed by atoms with Gasteiger partial charge in [-0.25, -0.2) is 0 Å². The number of thiocarbonyl (C=S) groups is 1. The van der Waals surface area contributed by atoms with Gasteiger partial charge in [0.15, 0.2) is 10.9 Å². The van der Waals surface area contributed by atoms with Gasteiger partial charge in [-0.2, -0.15) is 0 Å². The van der Waals surface area contributed by atoms with E-state index in [2.05, 4.69) is 10.6 Å². The lowest BCUT2D eigenvalue weighted by molar-refractivity contribution is -0.115. The molecular weight excluding hydrogens is 336 g/mol. The molecule has 0 atom stereocenters. The summed E-state index contributed by atoms with van der Waals surface area (Å²) in [7, 11) is 1.60. The third-order valence-electron chi connectivity index (χ3n) is 3.33. The lowest BCUT2D eigenvalue weighted by atomic mass is 10.1. The van der Waals surface area contributed by atoms with E-state index in [1.165, 1.54) is 13.0 Å². The summed E-state index contributed by atoms with van der Waals surface area (Å²) in [4.78, 5) is 23.1. The molecule has 0 aliphatic rings. The Morgan fingerprint density at radius 2 is 1.68 bits per heavy atom. The molecule has 0 saturated carbocycles. The predicted molar refractivity (Wildman–Crippen MR) is 103 cm³/mol. The molecule has 2 rings (SSSR count). The maximum absolute atomic E-state index is 11.9. The highest BCUT2D eigenvalue weighted by molar-refractivity contribution is 7.80. The second kappa shape index (κ2) is 8.75. The van der Waals surface area contributed by atoms with Crippen molar-refractivity contribution in [3.63, 3.8) is 0 Å². The summed E-state index contributed by atoms with van der Waals surface area (Å²) in [5.74, 6) is 0.405. The highest BCUT2D eigenvalue weighted by Gasteiger charge is 2.03. The van der Waals surface area contributed by atoms with Gasteiger partial charge in [-0.1, -0.05) is 12.1 Å². The van der Waals surface area contributed by atoms with Crippen LogP contribution in [0.15, 0.2) is 54.6 Å². The molecule has 6 heteroatoms. The fourth-order valence-corrected chi connectivity index (χ4v) is 2.21. The largest absolute Gasteiger partial charge is 0.497 e. The molecule has 2 N–H and O–H groups in total. The molecule has 0 spiro atoms. The molecule has 1 amide bonds. The number of ether oxygens (including phenoxy) is 1. The van der Waals surface area contributed by atoms with E-state index in [0.717, 1.165) is 11.3 Å². The van der Waals surface area contributed by atoms with Gasteiger partial charge in [0.1, 0.15) is 5.75 Å². The van der Waals surface area contributed by atoms with Crippen molar-refractivity contribution in [2.24, 2.45) is 0 Å². The number of methoxy groups -OCH3 is 1. The summed E-state index contributed by atoms with van der Waals surface area (Å²) in [6.07, 6.45) is 3.08. The average Bonchev–Trinajstić information content (AvgIpc) is 2.60. The smallest absolute Gasteiger partial charge is 0.250 e. The van der Waals surface area contributed by atoms with Crippen molar-refractivity contribution in [1.29, 1.82) is 0 Å². The first-order chi connectivity index (χ1) is 12.0. The molecule has 0 bridgehead atoms. The molecule has 0 aromatic heterocycles. The van der Waals surface area contributed by atoms with E-state index in [9.17, 15) is 9.59 Å². The maximum atomic E-state index is 11.9. The maximum Gasteiger partial charge on any atom is 0.250 e. The van der Waals surface area contributed by atoms with Gasteiger partial charge in [-0.05, 0) is 67.2 Å². The molecule has 25 heavy (non-hydrogen) atoms. The van der Waals surface area contributed by atoms with Gasteiger partial charge in [0.05, 0.1) is 7.11 Å². The van der Waals surface area contributed by atoms with Crippen LogP contribution in [0.25, 0.3) is 6.08 Å². The highest BCUT2D eigenvalue weighted by atomic mass is 32.1. The number of carbonyl (C=O) groups excluding carboxylic acids is 2. The van der Waals surface area contributed by atoms with Crippen LogP contribution in [-0.4, -0.2) is 23.9 Å². The lowest BCUT2D eigenvalue weighted by Gasteiger charge is -2.08. The number of anilines is 1. The average molecular weight is 354 g/mol. The van der Waals surface area contributed by atoms with E-state index in [1.54, 1.807) is 37.5 Å². The summed E-state index contributed by atoms with van der Waals surface area (Å²) >= 11 is 5.10. The minimum atomic E-state index is -0.339. The molecule has 0 fully saturated rings. The summed E-state index contributed by atoms with van der Waals surface area (Å²) in [6.45, 7) is 1.50. The van der Waals surface area contributed by atoms with Gasteiger partial charge in [-0.15, -0.1) is 0 Å². The van der Waals surface area contributed by atoms with Crippen LogP contribution in [0, 0.1) is 0 Å². The number of benzene rings is 2. The summed E-state index contributed by atoms with van der Waals surface area (Å²) in [5, 5.41) is 5.63. The van der Waals surface area contributed by atoms with Crippen LogP contribution in [0.5, 0.6) is 5.75 Å². The standard InChI is InChI=1S/C19H18N2O3S/c1-13(22)15-6-8-16(9-7-15)20-19(25)21-18(23)12-5-14-3-10-17(24-2)11-4-14/h3-12H,1-2H3,(H2,20,21,23,25). The van der Waals surface area contributed by atoms with Gasteiger partial charge >= 0.3 is 0 Å². The second-order valence-corrected chi connectivity index (χ2v) is 5.59. The number of amides is 1. The van der Waals surface area contributed by atoms with Crippen molar-refractivity contribution >= 4 is 40.8 Å². The summed E-state index contributed by atoms with van der Waals surface area (Å²) in [5.41, 5.74) is 2.17. The molecule has 2 aromatic rings. The predicted octanol–water partition coefficient (Wildman–Crippen LogP) is 3.42.